The molecule has 0 spiro atoms. The number of methoxy groups -OCH3 is 1. The average Bonchev–Trinajstić information content (AvgIpc) is 2.63. The number of amides is 1. The molecule has 0 fully saturated rings. The summed E-state index contributed by atoms with van der Waals surface area (Å²) in [5.41, 5.74) is 4.09. The van der Waals surface area contributed by atoms with Crippen LogP contribution in [0.1, 0.15) is 32.6 Å². The van der Waals surface area contributed by atoms with Crippen LogP contribution in [0.5, 0.6) is 0 Å². The number of rotatable bonds is 5. The van der Waals surface area contributed by atoms with E-state index >= 15 is 0 Å². The molecular weight excluding hydrogens is 316 g/mol. The Morgan fingerprint density at radius 3 is 2.36 bits per heavy atom. The third-order valence-corrected chi connectivity index (χ3v) is 4.08. The monoisotopic (exact) mass is 336 g/mol. The fourth-order valence-electron chi connectivity index (χ4n) is 2.44. The topological polar surface area (TPSA) is 79.2 Å². The maximum absolute atomic E-state index is 12.4. The number of esters is 1. The largest absolute Gasteiger partial charge is 0.467 e. The Morgan fingerprint density at radius 2 is 1.80 bits per heavy atom. The Balaban J connectivity index is 2.16. The number of carbonyl (C=O) groups is 2. The molecule has 128 valence electrons. The van der Waals surface area contributed by atoms with Gasteiger partial charge in [0.05, 0.1) is 18.7 Å². The third kappa shape index (κ3) is 4.67. The number of hydrogen-bond donors (Lipinski definition) is 1. The summed E-state index contributed by atoms with van der Waals surface area (Å²) in [6.45, 7) is 4.02. The zero-order chi connectivity index (χ0) is 18.4. The minimum Gasteiger partial charge on any atom is -0.467 e. The first-order chi connectivity index (χ1) is 11.9. The molecule has 0 saturated carbocycles. The summed E-state index contributed by atoms with van der Waals surface area (Å²) in [5.74, 6) is -0.885. The summed E-state index contributed by atoms with van der Waals surface area (Å²) in [6, 6.07) is 13.4. The van der Waals surface area contributed by atoms with Gasteiger partial charge in [0.15, 0.2) is 0 Å². The fraction of sp³-hybridized carbons (Fsp3) is 0.250. The molecule has 0 aliphatic heterocycles. The van der Waals surface area contributed by atoms with Gasteiger partial charge in [-0.3, -0.25) is 4.79 Å². The van der Waals surface area contributed by atoms with Gasteiger partial charge >= 0.3 is 5.97 Å². The Kier molecular flexibility index (Phi) is 5.91. The van der Waals surface area contributed by atoms with Gasteiger partial charge in [-0.1, -0.05) is 18.2 Å². The van der Waals surface area contributed by atoms with Gasteiger partial charge in [0.2, 0.25) is 0 Å². The molecule has 1 N–H and O–H groups in total. The van der Waals surface area contributed by atoms with E-state index in [9.17, 15) is 9.59 Å². The molecule has 2 aromatic rings. The van der Waals surface area contributed by atoms with Gasteiger partial charge in [0, 0.05) is 12.0 Å². The van der Waals surface area contributed by atoms with Gasteiger partial charge in [0.1, 0.15) is 6.04 Å². The van der Waals surface area contributed by atoms with Crippen LogP contribution < -0.4 is 5.32 Å². The SMILES string of the molecule is COC(=O)[C@@H](Cc1ccc(C)c(C)c1)NC(=O)c1ccc(C#N)cc1. The van der Waals surface area contributed by atoms with Crippen molar-refractivity contribution < 1.29 is 14.3 Å². The summed E-state index contributed by atoms with van der Waals surface area (Å²) < 4.78 is 4.82. The molecule has 25 heavy (non-hydrogen) atoms. The Hall–Kier alpha value is -3.13. The predicted molar refractivity (Wildman–Crippen MR) is 94.0 cm³/mol. The smallest absolute Gasteiger partial charge is 0.328 e. The third-order valence-electron chi connectivity index (χ3n) is 4.08. The second-order valence-corrected chi connectivity index (χ2v) is 5.86. The maximum atomic E-state index is 12.4. The molecule has 5 nitrogen and oxygen atoms in total. The van der Waals surface area contributed by atoms with Gasteiger partial charge in [-0.25, -0.2) is 4.79 Å². The Labute approximate surface area is 147 Å². The van der Waals surface area contributed by atoms with Crippen LogP contribution >= 0.6 is 0 Å². The van der Waals surface area contributed by atoms with Crippen LogP contribution in [-0.2, 0) is 16.0 Å². The van der Waals surface area contributed by atoms with E-state index in [2.05, 4.69) is 5.32 Å². The molecule has 0 radical (unpaired) electrons. The molecule has 0 aliphatic carbocycles. The zero-order valence-corrected chi connectivity index (χ0v) is 14.5. The second kappa shape index (κ2) is 8.11. The first-order valence-corrected chi connectivity index (χ1v) is 7.89. The van der Waals surface area contributed by atoms with Gasteiger partial charge in [0.25, 0.3) is 5.91 Å². The number of nitrogens with zero attached hydrogens (tertiary/aromatic N) is 1. The van der Waals surface area contributed by atoms with E-state index in [1.54, 1.807) is 24.3 Å². The van der Waals surface area contributed by atoms with Crippen molar-refractivity contribution in [2.75, 3.05) is 7.11 Å². The highest BCUT2D eigenvalue weighted by molar-refractivity contribution is 5.96. The lowest BCUT2D eigenvalue weighted by molar-refractivity contribution is -0.142. The number of hydrogen-bond acceptors (Lipinski definition) is 4. The van der Waals surface area contributed by atoms with Crippen LogP contribution in [0, 0.1) is 25.2 Å². The molecular formula is C20H20N2O3. The highest BCUT2D eigenvalue weighted by Crippen LogP contribution is 2.13. The lowest BCUT2D eigenvalue weighted by atomic mass is 10.0. The Morgan fingerprint density at radius 1 is 1.12 bits per heavy atom. The highest BCUT2D eigenvalue weighted by atomic mass is 16.5. The summed E-state index contributed by atoms with van der Waals surface area (Å²) in [6.07, 6.45) is 0.343. The molecule has 0 saturated heterocycles. The number of nitriles is 1. The molecule has 0 bridgehead atoms. The van der Waals surface area contributed by atoms with Crippen LogP contribution in [-0.4, -0.2) is 25.0 Å². The average molecular weight is 336 g/mol. The lowest BCUT2D eigenvalue weighted by Gasteiger charge is -2.17. The molecule has 0 heterocycles. The van der Waals surface area contributed by atoms with Gasteiger partial charge < -0.3 is 10.1 Å². The first kappa shape index (κ1) is 18.2. The van der Waals surface area contributed by atoms with Crippen molar-refractivity contribution in [3.05, 3.63) is 70.3 Å². The minimum atomic E-state index is -0.782. The maximum Gasteiger partial charge on any atom is 0.328 e. The van der Waals surface area contributed by atoms with Crippen LogP contribution in [0.3, 0.4) is 0 Å². The number of carbonyl (C=O) groups excluding carboxylic acids is 2. The van der Waals surface area contributed by atoms with Crippen molar-refractivity contribution in [1.82, 2.24) is 5.32 Å². The molecule has 1 atom stereocenters. The minimum absolute atomic E-state index is 0.343. The van der Waals surface area contributed by atoms with Crippen molar-refractivity contribution in [1.29, 1.82) is 5.26 Å². The van der Waals surface area contributed by atoms with Crippen molar-refractivity contribution >= 4 is 11.9 Å². The van der Waals surface area contributed by atoms with Crippen LogP contribution in [0.4, 0.5) is 0 Å². The van der Waals surface area contributed by atoms with Gasteiger partial charge in [-0.05, 0) is 54.8 Å². The first-order valence-electron chi connectivity index (χ1n) is 7.89. The van der Waals surface area contributed by atoms with E-state index in [-0.39, 0.29) is 5.91 Å². The predicted octanol–water partition coefficient (Wildman–Crippen LogP) is 2.69. The van der Waals surface area contributed by atoms with Crippen molar-refractivity contribution in [2.24, 2.45) is 0 Å². The normalized spacial score (nSPS) is 11.3. The number of aryl methyl sites for hydroxylation is 2. The van der Waals surface area contributed by atoms with E-state index in [0.29, 0.717) is 17.5 Å². The number of benzene rings is 2. The van der Waals surface area contributed by atoms with Crippen LogP contribution in [0.2, 0.25) is 0 Å². The summed E-state index contributed by atoms with van der Waals surface area (Å²) in [4.78, 5) is 24.4. The van der Waals surface area contributed by atoms with Crippen LogP contribution in [0.15, 0.2) is 42.5 Å². The Bertz CT molecular complexity index is 820. The fourth-order valence-corrected chi connectivity index (χ4v) is 2.44. The molecule has 2 aromatic carbocycles. The molecule has 0 unspecified atom stereocenters. The number of nitrogens with one attached hydrogen (secondary N) is 1. The summed E-state index contributed by atoms with van der Waals surface area (Å²) in [7, 11) is 1.30. The van der Waals surface area contributed by atoms with Crippen molar-refractivity contribution in [2.45, 2.75) is 26.3 Å². The van der Waals surface area contributed by atoms with Gasteiger partial charge in [-0.2, -0.15) is 5.26 Å². The van der Waals surface area contributed by atoms with E-state index < -0.39 is 12.0 Å². The molecule has 2 rings (SSSR count). The van der Waals surface area contributed by atoms with Crippen molar-refractivity contribution in [3.63, 3.8) is 0 Å². The molecule has 1 amide bonds. The molecule has 5 heteroatoms. The quantitative estimate of drug-likeness (QED) is 0.852. The standard InChI is InChI=1S/C20H20N2O3/c1-13-4-5-16(10-14(13)2)11-18(20(24)25-3)22-19(23)17-8-6-15(12-21)7-9-17/h4-10,18H,11H2,1-3H3,(H,22,23)/t18-/m1/s1. The summed E-state index contributed by atoms with van der Waals surface area (Å²) >= 11 is 0. The molecule has 0 aliphatic rings. The number of ether oxygens (including phenoxy) is 1. The highest BCUT2D eigenvalue weighted by Gasteiger charge is 2.22. The summed E-state index contributed by atoms with van der Waals surface area (Å²) in [5, 5.41) is 11.5. The lowest BCUT2D eigenvalue weighted by Crippen LogP contribution is -2.43. The molecule has 0 aromatic heterocycles. The zero-order valence-electron chi connectivity index (χ0n) is 14.5. The van der Waals surface area contributed by atoms with Crippen molar-refractivity contribution in [3.8, 4) is 6.07 Å². The van der Waals surface area contributed by atoms with Crippen LogP contribution in [0.25, 0.3) is 0 Å². The second-order valence-electron chi connectivity index (χ2n) is 5.86. The van der Waals surface area contributed by atoms with Gasteiger partial charge in [-0.15, -0.1) is 0 Å². The van der Waals surface area contributed by atoms with E-state index in [4.69, 9.17) is 10.00 Å². The van der Waals surface area contributed by atoms with E-state index in [1.165, 1.54) is 12.7 Å². The van der Waals surface area contributed by atoms with E-state index in [1.807, 2.05) is 38.1 Å². The van der Waals surface area contributed by atoms with E-state index in [0.717, 1.165) is 11.1 Å².